The van der Waals surface area contributed by atoms with Crippen LogP contribution >= 0.6 is 0 Å². The van der Waals surface area contributed by atoms with Crippen molar-refractivity contribution in [2.24, 2.45) is 0 Å². The molecule has 0 unspecified atom stereocenters. The average molecular weight is 339 g/mol. The molecule has 0 N–H and O–H groups in total. The second-order valence-corrected chi connectivity index (χ2v) is 6.48. The van der Waals surface area contributed by atoms with Crippen molar-refractivity contribution >= 4 is 5.78 Å². The van der Waals surface area contributed by atoms with Gasteiger partial charge in [-0.1, -0.05) is 12.1 Å². The predicted molar refractivity (Wildman–Crippen MR) is 98.4 cm³/mol. The number of ketones is 1. The maximum Gasteiger partial charge on any atom is 0.159 e. The third kappa shape index (κ3) is 3.85. The lowest BCUT2D eigenvalue weighted by atomic mass is 10.0. The highest BCUT2D eigenvalue weighted by molar-refractivity contribution is 5.94. The van der Waals surface area contributed by atoms with Crippen LogP contribution in [0.15, 0.2) is 42.5 Å². The van der Waals surface area contributed by atoms with Gasteiger partial charge in [-0.3, -0.25) is 9.69 Å². The molecule has 0 spiro atoms. The van der Waals surface area contributed by atoms with Gasteiger partial charge in [0.1, 0.15) is 11.5 Å². The number of likely N-dealkylation sites (tertiary alicyclic amines) is 1. The van der Waals surface area contributed by atoms with Gasteiger partial charge in [-0.2, -0.15) is 0 Å². The lowest BCUT2D eigenvalue weighted by Gasteiger charge is -2.26. The number of carbonyl (C=O) groups is 1. The Kier molecular flexibility index (Phi) is 5.39. The molecule has 1 saturated heterocycles. The Labute approximate surface area is 149 Å². The number of methoxy groups -OCH3 is 2. The first kappa shape index (κ1) is 17.5. The van der Waals surface area contributed by atoms with Gasteiger partial charge in [0.2, 0.25) is 0 Å². The number of hydrogen-bond acceptors (Lipinski definition) is 4. The zero-order valence-corrected chi connectivity index (χ0v) is 15.1. The molecule has 0 bridgehead atoms. The van der Waals surface area contributed by atoms with Crippen LogP contribution in [0.3, 0.4) is 0 Å². The molecule has 25 heavy (non-hydrogen) atoms. The third-order valence-electron chi connectivity index (χ3n) is 4.92. The van der Waals surface area contributed by atoms with Gasteiger partial charge >= 0.3 is 0 Å². The number of Topliss-reactive ketones (excluding diaryl/α,β-unsaturated/α-hetero) is 1. The first-order chi connectivity index (χ1) is 12.1. The lowest BCUT2D eigenvalue weighted by molar-refractivity contribution is 0.101. The summed E-state index contributed by atoms with van der Waals surface area (Å²) in [5, 5.41) is 0. The minimum atomic E-state index is 0.0806. The minimum Gasteiger partial charge on any atom is -0.497 e. The topological polar surface area (TPSA) is 38.8 Å². The fourth-order valence-electron chi connectivity index (χ4n) is 3.56. The Morgan fingerprint density at radius 1 is 1.12 bits per heavy atom. The van der Waals surface area contributed by atoms with Gasteiger partial charge in [0.05, 0.1) is 14.2 Å². The van der Waals surface area contributed by atoms with Crippen LogP contribution in [0.2, 0.25) is 0 Å². The van der Waals surface area contributed by atoms with Gasteiger partial charge in [0, 0.05) is 23.7 Å². The van der Waals surface area contributed by atoms with E-state index < -0.39 is 0 Å². The molecule has 0 saturated carbocycles. The van der Waals surface area contributed by atoms with Crippen LogP contribution in [0.4, 0.5) is 0 Å². The van der Waals surface area contributed by atoms with Crippen LogP contribution in [0.5, 0.6) is 11.5 Å². The summed E-state index contributed by atoms with van der Waals surface area (Å²) in [6.07, 6.45) is 2.31. The Morgan fingerprint density at radius 3 is 2.52 bits per heavy atom. The molecule has 1 aliphatic rings. The van der Waals surface area contributed by atoms with Crippen LogP contribution < -0.4 is 9.47 Å². The molecule has 1 heterocycles. The second kappa shape index (κ2) is 7.70. The molecular formula is C21H25NO3. The number of nitrogens with zero attached hydrogens (tertiary/aromatic N) is 1. The van der Waals surface area contributed by atoms with Crippen LogP contribution in [-0.2, 0) is 6.54 Å². The summed E-state index contributed by atoms with van der Waals surface area (Å²) in [4.78, 5) is 14.2. The number of rotatable bonds is 6. The fourth-order valence-corrected chi connectivity index (χ4v) is 3.56. The van der Waals surface area contributed by atoms with E-state index in [4.69, 9.17) is 9.47 Å². The van der Waals surface area contributed by atoms with Gasteiger partial charge in [-0.05, 0) is 62.2 Å². The minimum absolute atomic E-state index is 0.0806. The fraction of sp³-hybridized carbons (Fsp3) is 0.381. The van der Waals surface area contributed by atoms with E-state index in [0.29, 0.717) is 6.04 Å². The third-order valence-corrected chi connectivity index (χ3v) is 4.92. The molecule has 1 atom stereocenters. The molecule has 0 radical (unpaired) electrons. The SMILES string of the molecule is COc1ccc([C@H]2CCCN2Cc2cc(C(C)=O)ccc2OC)cc1. The van der Waals surface area contributed by atoms with E-state index in [1.54, 1.807) is 21.1 Å². The predicted octanol–water partition coefficient (Wildman–Crippen LogP) is 4.24. The maximum atomic E-state index is 11.7. The molecule has 1 fully saturated rings. The standard InChI is InChI=1S/C21H25NO3/c1-15(23)17-8-11-21(25-3)18(13-17)14-22-12-4-5-20(22)16-6-9-19(24-2)10-7-16/h6-11,13,20H,4-5,12,14H2,1-3H3/t20-/m1/s1. The smallest absolute Gasteiger partial charge is 0.159 e. The van der Waals surface area contributed by atoms with E-state index in [-0.39, 0.29) is 5.78 Å². The highest BCUT2D eigenvalue weighted by Crippen LogP contribution is 2.35. The molecule has 2 aromatic rings. The van der Waals surface area contributed by atoms with Crippen molar-refractivity contribution < 1.29 is 14.3 Å². The zero-order valence-electron chi connectivity index (χ0n) is 15.1. The Balaban J connectivity index is 1.83. The van der Waals surface area contributed by atoms with E-state index in [9.17, 15) is 4.79 Å². The first-order valence-corrected chi connectivity index (χ1v) is 8.68. The van der Waals surface area contributed by atoms with Crippen LogP contribution in [-0.4, -0.2) is 31.4 Å². The number of ether oxygens (including phenoxy) is 2. The second-order valence-electron chi connectivity index (χ2n) is 6.48. The Morgan fingerprint density at radius 2 is 1.88 bits per heavy atom. The van der Waals surface area contributed by atoms with E-state index >= 15 is 0 Å². The molecule has 1 aliphatic heterocycles. The van der Waals surface area contributed by atoms with E-state index in [0.717, 1.165) is 42.1 Å². The van der Waals surface area contributed by atoms with Crippen LogP contribution in [0, 0.1) is 0 Å². The monoisotopic (exact) mass is 339 g/mol. The van der Waals surface area contributed by atoms with E-state index in [1.807, 2.05) is 30.3 Å². The molecular weight excluding hydrogens is 314 g/mol. The molecule has 2 aromatic carbocycles. The van der Waals surface area contributed by atoms with Crippen molar-refractivity contribution in [3.63, 3.8) is 0 Å². The van der Waals surface area contributed by atoms with Crippen molar-refractivity contribution in [2.75, 3.05) is 20.8 Å². The van der Waals surface area contributed by atoms with Gasteiger partial charge in [0.25, 0.3) is 0 Å². The normalized spacial score (nSPS) is 17.5. The van der Waals surface area contributed by atoms with E-state index in [2.05, 4.69) is 17.0 Å². The molecule has 0 aliphatic carbocycles. The maximum absolute atomic E-state index is 11.7. The van der Waals surface area contributed by atoms with Crippen LogP contribution in [0.1, 0.15) is 47.3 Å². The highest BCUT2D eigenvalue weighted by Gasteiger charge is 2.27. The average Bonchev–Trinajstić information content (AvgIpc) is 3.09. The summed E-state index contributed by atoms with van der Waals surface area (Å²) in [7, 11) is 3.36. The summed E-state index contributed by atoms with van der Waals surface area (Å²) >= 11 is 0. The Hall–Kier alpha value is -2.33. The van der Waals surface area contributed by atoms with Crippen LogP contribution in [0.25, 0.3) is 0 Å². The highest BCUT2D eigenvalue weighted by atomic mass is 16.5. The summed E-state index contributed by atoms with van der Waals surface area (Å²) < 4.78 is 10.8. The molecule has 0 aromatic heterocycles. The zero-order chi connectivity index (χ0) is 17.8. The van der Waals surface area contributed by atoms with Gasteiger partial charge in [-0.25, -0.2) is 0 Å². The Bertz CT molecular complexity index is 739. The largest absolute Gasteiger partial charge is 0.497 e. The van der Waals surface area contributed by atoms with Gasteiger partial charge < -0.3 is 9.47 Å². The van der Waals surface area contributed by atoms with Crippen molar-refractivity contribution in [1.82, 2.24) is 4.90 Å². The van der Waals surface area contributed by atoms with Crippen molar-refractivity contribution in [3.05, 3.63) is 59.2 Å². The van der Waals surface area contributed by atoms with Crippen molar-refractivity contribution in [1.29, 1.82) is 0 Å². The first-order valence-electron chi connectivity index (χ1n) is 8.68. The lowest BCUT2D eigenvalue weighted by Crippen LogP contribution is -2.23. The summed E-state index contributed by atoms with van der Waals surface area (Å²) in [5.74, 6) is 1.80. The summed E-state index contributed by atoms with van der Waals surface area (Å²) in [6, 6.07) is 14.4. The number of carbonyl (C=O) groups excluding carboxylic acids is 1. The molecule has 4 heteroatoms. The quantitative estimate of drug-likeness (QED) is 0.738. The molecule has 4 nitrogen and oxygen atoms in total. The molecule has 132 valence electrons. The summed E-state index contributed by atoms with van der Waals surface area (Å²) in [6.45, 7) is 3.42. The van der Waals surface area contributed by atoms with E-state index in [1.165, 1.54) is 12.0 Å². The molecule has 0 amide bonds. The van der Waals surface area contributed by atoms with Crippen molar-refractivity contribution in [3.8, 4) is 11.5 Å². The van der Waals surface area contributed by atoms with Gasteiger partial charge in [0.15, 0.2) is 5.78 Å². The number of hydrogen-bond donors (Lipinski definition) is 0. The van der Waals surface area contributed by atoms with Gasteiger partial charge in [-0.15, -0.1) is 0 Å². The summed E-state index contributed by atoms with van der Waals surface area (Å²) in [5.41, 5.74) is 3.10. The number of benzene rings is 2. The van der Waals surface area contributed by atoms with Crippen molar-refractivity contribution in [2.45, 2.75) is 32.4 Å². The molecule has 3 rings (SSSR count).